The van der Waals surface area contributed by atoms with Gasteiger partial charge in [0, 0.05) is 36.6 Å². The number of hydrogen-bond acceptors (Lipinski definition) is 3. The SMILES string of the molecule is CCCCCNC(=O)C1CCN(C(=O)c2cccn2Cc2cccs2)CC1. The van der Waals surface area contributed by atoms with Crippen molar-refractivity contribution in [1.29, 1.82) is 0 Å². The predicted octanol–water partition coefficient (Wildman–Crippen LogP) is 3.76. The van der Waals surface area contributed by atoms with Crippen LogP contribution in [-0.4, -0.2) is 40.9 Å². The van der Waals surface area contributed by atoms with E-state index in [2.05, 4.69) is 23.7 Å². The Balaban J connectivity index is 1.50. The summed E-state index contributed by atoms with van der Waals surface area (Å²) in [6.45, 7) is 4.95. The molecule has 0 spiro atoms. The number of thiophene rings is 1. The first kappa shape index (κ1) is 19.7. The standard InChI is InChI=1S/C21H29N3O2S/c1-2-3-4-11-22-20(25)17-9-13-23(14-10-17)21(26)19-8-5-12-24(19)16-18-7-6-15-27-18/h5-8,12,15,17H,2-4,9-11,13-14,16H2,1H3,(H,22,25). The van der Waals surface area contributed by atoms with Crippen LogP contribution in [0.25, 0.3) is 0 Å². The fraction of sp³-hybridized carbons (Fsp3) is 0.524. The van der Waals surface area contributed by atoms with Crippen molar-refractivity contribution in [2.75, 3.05) is 19.6 Å². The number of nitrogens with zero attached hydrogens (tertiary/aromatic N) is 2. The summed E-state index contributed by atoms with van der Waals surface area (Å²) in [4.78, 5) is 28.3. The molecule has 0 bridgehead atoms. The van der Waals surface area contributed by atoms with E-state index in [1.165, 1.54) is 4.88 Å². The minimum Gasteiger partial charge on any atom is -0.356 e. The molecular weight excluding hydrogens is 358 g/mol. The molecule has 27 heavy (non-hydrogen) atoms. The molecule has 3 heterocycles. The van der Waals surface area contributed by atoms with E-state index in [1.54, 1.807) is 11.3 Å². The molecule has 2 aromatic rings. The van der Waals surface area contributed by atoms with Crippen LogP contribution in [0.2, 0.25) is 0 Å². The van der Waals surface area contributed by atoms with E-state index in [4.69, 9.17) is 0 Å². The second-order valence-electron chi connectivity index (χ2n) is 7.17. The molecule has 0 aromatic carbocycles. The summed E-state index contributed by atoms with van der Waals surface area (Å²) < 4.78 is 2.01. The van der Waals surface area contributed by atoms with Gasteiger partial charge in [0.25, 0.3) is 5.91 Å². The van der Waals surface area contributed by atoms with Crippen LogP contribution in [0.15, 0.2) is 35.8 Å². The summed E-state index contributed by atoms with van der Waals surface area (Å²) in [6, 6.07) is 7.94. The Kier molecular flexibility index (Phi) is 7.10. The van der Waals surface area contributed by atoms with Crippen molar-refractivity contribution in [2.45, 2.75) is 45.6 Å². The summed E-state index contributed by atoms with van der Waals surface area (Å²) in [5, 5.41) is 5.10. The van der Waals surface area contributed by atoms with Gasteiger partial charge in [-0.3, -0.25) is 9.59 Å². The minimum absolute atomic E-state index is 0.0357. The van der Waals surface area contributed by atoms with Crippen molar-refractivity contribution in [3.63, 3.8) is 0 Å². The molecular formula is C21H29N3O2S. The molecule has 3 rings (SSSR count). The summed E-state index contributed by atoms with van der Waals surface area (Å²) in [6.07, 6.45) is 6.81. The number of hydrogen-bond donors (Lipinski definition) is 1. The predicted molar refractivity (Wildman–Crippen MR) is 109 cm³/mol. The molecule has 0 atom stereocenters. The second kappa shape index (κ2) is 9.74. The topological polar surface area (TPSA) is 54.3 Å². The molecule has 0 radical (unpaired) electrons. The Hall–Kier alpha value is -2.08. The van der Waals surface area contributed by atoms with Crippen LogP contribution in [0.1, 0.15) is 54.4 Å². The number of carbonyl (C=O) groups excluding carboxylic acids is 2. The van der Waals surface area contributed by atoms with Crippen LogP contribution in [-0.2, 0) is 11.3 Å². The Morgan fingerprint density at radius 1 is 1.19 bits per heavy atom. The zero-order valence-electron chi connectivity index (χ0n) is 16.0. The number of amides is 2. The third-order valence-electron chi connectivity index (χ3n) is 5.19. The van der Waals surface area contributed by atoms with Crippen molar-refractivity contribution in [2.24, 2.45) is 5.92 Å². The Morgan fingerprint density at radius 3 is 2.70 bits per heavy atom. The first-order valence-corrected chi connectivity index (χ1v) is 10.8. The molecule has 5 nitrogen and oxygen atoms in total. The number of unbranched alkanes of at least 4 members (excludes halogenated alkanes) is 2. The lowest BCUT2D eigenvalue weighted by atomic mass is 9.95. The van der Waals surface area contributed by atoms with Gasteiger partial charge >= 0.3 is 0 Å². The van der Waals surface area contributed by atoms with Gasteiger partial charge in [0.05, 0.1) is 6.54 Å². The quantitative estimate of drug-likeness (QED) is 0.701. The van der Waals surface area contributed by atoms with Crippen molar-refractivity contribution in [1.82, 2.24) is 14.8 Å². The molecule has 0 saturated carbocycles. The first-order valence-electron chi connectivity index (χ1n) is 9.93. The third kappa shape index (κ3) is 5.22. The average Bonchev–Trinajstić information content (AvgIpc) is 3.37. The normalized spacial score (nSPS) is 15.1. The molecule has 0 unspecified atom stereocenters. The summed E-state index contributed by atoms with van der Waals surface area (Å²) in [5.41, 5.74) is 0.728. The summed E-state index contributed by atoms with van der Waals surface area (Å²) in [5.74, 6) is 0.256. The zero-order chi connectivity index (χ0) is 19.1. The van der Waals surface area contributed by atoms with Gasteiger partial charge in [-0.2, -0.15) is 0 Å². The van der Waals surface area contributed by atoms with Gasteiger partial charge in [0.1, 0.15) is 5.69 Å². The number of rotatable bonds is 8. The number of aromatic nitrogens is 1. The first-order chi connectivity index (χ1) is 13.2. The maximum atomic E-state index is 12.9. The Bertz CT molecular complexity index is 730. The van der Waals surface area contributed by atoms with Crippen molar-refractivity contribution in [3.8, 4) is 0 Å². The van der Waals surface area contributed by atoms with E-state index >= 15 is 0 Å². The van der Waals surface area contributed by atoms with Crippen LogP contribution in [0, 0.1) is 5.92 Å². The van der Waals surface area contributed by atoms with Gasteiger partial charge in [-0.1, -0.05) is 25.8 Å². The average molecular weight is 388 g/mol. The van der Waals surface area contributed by atoms with Crippen molar-refractivity contribution >= 4 is 23.2 Å². The van der Waals surface area contributed by atoms with Crippen LogP contribution < -0.4 is 5.32 Å². The fourth-order valence-corrected chi connectivity index (χ4v) is 4.26. The second-order valence-corrected chi connectivity index (χ2v) is 8.20. The smallest absolute Gasteiger partial charge is 0.270 e. The van der Waals surface area contributed by atoms with E-state index in [-0.39, 0.29) is 17.7 Å². The lowest BCUT2D eigenvalue weighted by Crippen LogP contribution is -2.43. The highest BCUT2D eigenvalue weighted by molar-refractivity contribution is 7.09. The molecule has 0 aliphatic carbocycles. The van der Waals surface area contributed by atoms with Gasteiger partial charge in [-0.05, 0) is 42.8 Å². The lowest BCUT2D eigenvalue weighted by Gasteiger charge is -2.31. The van der Waals surface area contributed by atoms with Crippen molar-refractivity contribution < 1.29 is 9.59 Å². The highest BCUT2D eigenvalue weighted by Crippen LogP contribution is 2.20. The zero-order valence-corrected chi connectivity index (χ0v) is 16.8. The van der Waals surface area contributed by atoms with Gasteiger partial charge in [0.15, 0.2) is 0 Å². The number of carbonyl (C=O) groups is 2. The van der Waals surface area contributed by atoms with Crippen LogP contribution in [0.5, 0.6) is 0 Å². The largest absolute Gasteiger partial charge is 0.356 e. The molecule has 1 aliphatic rings. The molecule has 2 amide bonds. The Labute approximate surface area is 165 Å². The van der Waals surface area contributed by atoms with Gasteiger partial charge in [0.2, 0.25) is 5.91 Å². The van der Waals surface area contributed by atoms with E-state index < -0.39 is 0 Å². The summed E-state index contributed by atoms with van der Waals surface area (Å²) >= 11 is 1.70. The minimum atomic E-state index is 0.0357. The maximum Gasteiger partial charge on any atom is 0.270 e. The number of piperidine rings is 1. The molecule has 146 valence electrons. The number of likely N-dealkylation sites (tertiary alicyclic amines) is 1. The third-order valence-corrected chi connectivity index (χ3v) is 6.05. The van der Waals surface area contributed by atoms with Gasteiger partial charge in [-0.25, -0.2) is 0 Å². The van der Waals surface area contributed by atoms with E-state index in [0.29, 0.717) is 13.1 Å². The van der Waals surface area contributed by atoms with Gasteiger partial charge < -0.3 is 14.8 Å². The number of nitrogens with one attached hydrogen (secondary N) is 1. The van der Waals surface area contributed by atoms with E-state index in [9.17, 15) is 9.59 Å². The molecule has 2 aromatic heterocycles. The lowest BCUT2D eigenvalue weighted by molar-refractivity contribution is -0.126. The van der Waals surface area contributed by atoms with E-state index in [0.717, 1.165) is 50.9 Å². The van der Waals surface area contributed by atoms with Crippen LogP contribution >= 0.6 is 11.3 Å². The molecule has 1 saturated heterocycles. The Morgan fingerprint density at radius 2 is 2.00 bits per heavy atom. The van der Waals surface area contributed by atoms with Gasteiger partial charge in [-0.15, -0.1) is 11.3 Å². The van der Waals surface area contributed by atoms with E-state index in [1.807, 2.05) is 33.9 Å². The van der Waals surface area contributed by atoms with Crippen molar-refractivity contribution in [3.05, 3.63) is 46.4 Å². The molecule has 6 heteroatoms. The van der Waals surface area contributed by atoms with Crippen LogP contribution in [0.3, 0.4) is 0 Å². The monoisotopic (exact) mass is 387 g/mol. The molecule has 1 fully saturated rings. The molecule has 1 N–H and O–H groups in total. The fourth-order valence-electron chi connectivity index (χ4n) is 3.55. The highest BCUT2D eigenvalue weighted by Gasteiger charge is 2.28. The highest BCUT2D eigenvalue weighted by atomic mass is 32.1. The van der Waals surface area contributed by atoms with Crippen LogP contribution in [0.4, 0.5) is 0 Å². The maximum absolute atomic E-state index is 12.9. The molecule has 1 aliphatic heterocycles. The summed E-state index contributed by atoms with van der Waals surface area (Å²) in [7, 11) is 0.